The van der Waals surface area contributed by atoms with E-state index in [-0.39, 0.29) is 30.1 Å². The maximum Gasteiger partial charge on any atom is 0.259 e. The van der Waals surface area contributed by atoms with Crippen LogP contribution in [0.15, 0.2) is 48.8 Å². The van der Waals surface area contributed by atoms with Gasteiger partial charge < -0.3 is 5.32 Å². The Morgan fingerprint density at radius 3 is 2.48 bits per heavy atom. The second kappa shape index (κ2) is 8.03. The van der Waals surface area contributed by atoms with Gasteiger partial charge in [0.05, 0.1) is 22.1 Å². The summed E-state index contributed by atoms with van der Waals surface area (Å²) in [5.74, 6) is -0.976. The van der Waals surface area contributed by atoms with Crippen molar-refractivity contribution in [2.24, 2.45) is 5.92 Å². The number of carbonyl (C=O) groups excluding carboxylic acids is 3. The lowest BCUT2D eigenvalue weighted by Gasteiger charge is -2.22. The van der Waals surface area contributed by atoms with E-state index in [1.54, 1.807) is 18.3 Å². The minimum atomic E-state index is -0.437. The van der Waals surface area contributed by atoms with Crippen LogP contribution in [-0.2, 0) is 24.1 Å². The Bertz CT molecular complexity index is 1150. The molecule has 3 aromatic rings. The molecule has 2 amide bonds. The van der Waals surface area contributed by atoms with Crippen molar-refractivity contribution in [3.05, 3.63) is 76.1 Å². The van der Waals surface area contributed by atoms with Crippen molar-refractivity contribution in [1.82, 2.24) is 15.3 Å². The lowest BCUT2D eigenvalue weighted by atomic mass is 9.89. The van der Waals surface area contributed by atoms with Crippen molar-refractivity contribution >= 4 is 34.1 Å². The van der Waals surface area contributed by atoms with E-state index in [1.165, 1.54) is 17.3 Å². The maximum atomic E-state index is 12.9. The second-order valence-electron chi connectivity index (χ2n) is 7.90. The number of thiazole rings is 1. The Morgan fingerprint density at radius 2 is 1.77 bits per heavy atom. The number of benzene rings is 1. The zero-order valence-corrected chi connectivity index (χ0v) is 17.4. The monoisotopic (exact) mass is 432 g/mol. The zero-order chi connectivity index (χ0) is 21.4. The highest BCUT2D eigenvalue weighted by molar-refractivity contribution is 7.17. The molecule has 7 nitrogen and oxygen atoms in total. The largest absolute Gasteiger partial charge is 0.352 e. The molecule has 5 rings (SSSR count). The fraction of sp³-hybridized carbons (Fsp3) is 0.261. The third-order valence-corrected chi connectivity index (χ3v) is 6.79. The van der Waals surface area contributed by atoms with Gasteiger partial charge in [0.2, 0.25) is 5.91 Å². The lowest BCUT2D eigenvalue weighted by Crippen LogP contribution is -2.41. The molecule has 0 aliphatic heterocycles. The molecule has 0 saturated carbocycles. The van der Waals surface area contributed by atoms with Gasteiger partial charge in [0, 0.05) is 31.3 Å². The van der Waals surface area contributed by atoms with Crippen LogP contribution in [0.5, 0.6) is 0 Å². The van der Waals surface area contributed by atoms with Gasteiger partial charge in [-0.2, -0.15) is 0 Å². The van der Waals surface area contributed by atoms with Crippen molar-refractivity contribution in [2.75, 3.05) is 5.32 Å². The number of Topliss-reactive ketones (excluding diaryl/α,β-unsaturated/α-hetero) is 1. The number of nitrogens with one attached hydrogen (secondary N) is 2. The highest BCUT2D eigenvalue weighted by Gasteiger charge is 2.34. The van der Waals surface area contributed by atoms with Crippen LogP contribution >= 0.6 is 11.3 Å². The summed E-state index contributed by atoms with van der Waals surface area (Å²) in [6.45, 7) is 0. The van der Waals surface area contributed by atoms with Crippen LogP contribution in [0.25, 0.3) is 0 Å². The van der Waals surface area contributed by atoms with E-state index in [9.17, 15) is 14.4 Å². The summed E-state index contributed by atoms with van der Waals surface area (Å²) >= 11 is 1.16. The van der Waals surface area contributed by atoms with Crippen molar-refractivity contribution < 1.29 is 14.4 Å². The summed E-state index contributed by atoms with van der Waals surface area (Å²) in [6.07, 6.45) is 5.25. The Morgan fingerprint density at radius 1 is 1.00 bits per heavy atom. The van der Waals surface area contributed by atoms with Crippen LogP contribution < -0.4 is 10.6 Å². The minimum Gasteiger partial charge on any atom is -0.352 e. The molecule has 2 aliphatic carbocycles. The van der Waals surface area contributed by atoms with E-state index in [2.05, 4.69) is 32.7 Å². The topological polar surface area (TPSA) is 101 Å². The molecule has 1 aromatic carbocycles. The van der Waals surface area contributed by atoms with Crippen LogP contribution in [0.2, 0.25) is 0 Å². The smallest absolute Gasteiger partial charge is 0.259 e. The predicted octanol–water partition coefficient (Wildman–Crippen LogP) is 2.82. The molecule has 2 N–H and O–H groups in total. The quantitative estimate of drug-likeness (QED) is 0.660. The number of rotatable bonds is 4. The third-order valence-electron chi connectivity index (χ3n) is 5.73. The fourth-order valence-corrected chi connectivity index (χ4v) is 5.15. The van der Waals surface area contributed by atoms with E-state index in [4.69, 9.17) is 0 Å². The van der Waals surface area contributed by atoms with Crippen molar-refractivity contribution in [1.29, 1.82) is 0 Å². The van der Waals surface area contributed by atoms with E-state index in [1.807, 2.05) is 12.1 Å². The maximum absolute atomic E-state index is 12.9. The van der Waals surface area contributed by atoms with Crippen LogP contribution in [0.4, 0.5) is 5.13 Å². The third kappa shape index (κ3) is 3.98. The van der Waals surface area contributed by atoms with Gasteiger partial charge in [-0.05, 0) is 36.1 Å². The van der Waals surface area contributed by atoms with Crippen LogP contribution in [0, 0.1) is 5.92 Å². The summed E-state index contributed by atoms with van der Waals surface area (Å²) in [4.78, 5) is 46.7. The van der Waals surface area contributed by atoms with Crippen LogP contribution in [0.1, 0.15) is 43.3 Å². The standard InChI is InChI=1S/C23H20N4O3S/c28-19-11-16(22(30)25-17-8-13-4-1-2-5-14(13)9-17)10-18-20(19)31-23(26-18)27-21(29)15-6-3-7-24-12-15/h1-7,12,16-17H,8-11H2,(H,25,30)(H,26,27,29). The van der Waals surface area contributed by atoms with E-state index in [0.29, 0.717) is 27.7 Å². The van der Waals surface area contributed by atoms with Crippen LogP contribution in [-0.4, -0.2) is 33.6 Å². The molecule has 1 unspecified atom stereocenters. The number of fused-ring (bicyclic) bond motifs is 2. The fourth-order valence-electron chi connectivity index (χ4n) is 4.22. The highest BCUT2D eigenvalue weighted by Crippen LogP contribution is 2.33. The molecule has 0 fully saturated rings. The predicted molar refractivity (Wildman–Crippen MR) is 116 cm³/mol. The van der Waals surface area contributed by atoms with Gasteiger partial charge in [-0.3, -0.25) is 24.7 Å². The summed E-state index contributed by atoms with van der Waals surface area (Å²) in [5, 5.41) is 6.20. The first kappa shape index (κ1) is 19.6. The first-order valence-corrected chi connectivity index (χ1v) is 11.0. The van der Waals surface area contributed by atoms with Gasteiger partial charge >= 0.3 is 0 Å². The molecule has 156 valence electrons. The first-order chi connectivity index (χ1) is 15.1. The molecule has 0 radical (unpaired) electrons. The Balaban J connectivity index is 1.24. The van der Waals surface area contributed by atoms with Crippen molar-refractivity contribution in [3.8, 4) is 0 Å². The molecular formula is C23H20N4O3S. The SMILES string of the molecule is O=C(Nc1nc2c(s1)C(=O)CC(C(=O)NC1Cc3ccccc3C1)C2)c1cccnc1. The number of ketones is 1. The van der Waals surface area contributed by atoms with Crippen molar-refractivity contribution in [2.45, 2.75) is 31.7 Å². The average molecular weight is 433 g/mol. The number of nitrogens with zero attached hydrogens (tertiary/aromatic N) is 2. The molecule has 8 heteroatoms. The minimum absolute atomic E-state index is 0.0613. The summed E-state index contributed by atoms with van der Waals surface area (Å²) < 4.78 is 0. The average Bonchev–Trinajstić information content (AvgIpc) is 3.37. The van der Waals surface area contributed by atoms with Crippen LogP contribution in [0.3, 0.4) is 0 Å². The molecule has 31 heavy (non-hydrogen) atoms. The zero-order valence-electron chi connectivity index (χ0n) is 16.6. The second-order valence-corrected chi connectivity index (χ2v) is 8.90. The number of hydrogen-bond acceptors (Lipinski definition) is 6. The molecule has 1 atom stereocenters. The van der Waals surface area contributed by atoms with Gasteiger partial charge in [0.15, 0.2) is 10.9 Å². The summed E-state index contributed by atoms with van der Waals surface area (Å²) in [7, 11) is 0. The summed E-state index contributed by atoms with van der Waals surface area (Å²) in [5.41, 5.74) is 3.53. The molecule has 2 heterocycles. The van der Waals surface area contributed by atoms with Gasteiger partial charge in [0.25, 0.3) is 5.91 Å². The number of pyridine rings is 1. The molecule has 0 spiro atoms. The molecule has 0 saturated heterocycles. The molecule has 0 bridgehead atoms. The molecule has 2 aliphatic rings. The Labute approximate surface area is 182 Å². The van der Waals surface area contributed by atoms with E-state index >= 15 is 0 Å². The van der Waals surface area contributed by atoms with Crippen molar-refractivity contribution in [3.63, 3.8) is 0 Å². The Hall–Kier alpha value is -3.39. The summed E-state index contributed by atoms with van der Waals surface area (Å²) in [6, 6.07) is 11.6. The Kier molecular flexibility index (Phi) is 5.07. The number of anilines is 1. The molecular weight excluding hydrogens is 412 g/mol. The lowest BCUT2D eigenvalue weighted by molar-refractivity contribution is -0.125. The highest BCUT2D eigenvalue weighted by atomic mass is 32.1. The van der Waals surface area contributed by atoms with Gasteiger partial charge in [-0.25, -0.2) is 4.98 Å². The number of hydrogen-bond donors (Lipinski definition) is 2. The number of carbonyl (C=O) groups is 3. The van der Waals surface area contributed by atoms with E-state index < -0.39 is 5.92 Å². The van der Waals surface area contributed by atoms with Gasteiger partial charge in [0.1, 0.15) is 0 Å². The van der Waals surface area contributed by atoms with E-state index in [0.717, 1.165) is 24.2 Å². The first-order valence-electron chi connectivity index (χ1n) is 10.2. The number of amides is 2. The molecule has 2 aromatic heterocycles. The van der Waals surface area contributed by atoms with Gasteiger partial charge in [-0.15, -0.1) is 0 Å². The normalized spacial score (nSPS) is 17.7. The number of aromatic nitrogens is 2. The van der Waals surface area contributed by atoms with Gasteiger partial charge in [-0.1, -0.05) is 35.6 Å².